The second kappa shape index (κ2) is 13.0. The van der Waals surface area contributed by atoms with Gasteiger partial charge in [0.15, 0.2) is 5.96 Å². The third-order valence-corrected chi connectivity index (χ3v) is 5.75. The van der Waals surface area contributed by atoms with Crippen LogP contribution >= 0.6 is 24.0 Å². The number of ether oxygens (including phenoxy) is 1. The molecule has 168 valence electrons. The molecule has 0 aromatic heterocycles. The lowest BCUT2D eigenvalue weighted by atomic mass is 10.1. The number of carbonyl (C=O) groups is 1. The fraction of sp³-hybridized carbons (Fsp3) is 0.652. The van der Waals surface area contributed by atoms with Crippen LogP contribution in [-0.2, 0) is 4.79 Å². The standard InChI is InChI=1S/C23H36N4O2.HI/c1-3-24-23(25-14-6-16-29-21-11-9-18(2)10-12-21)26-20-13-15-27(17-20)22(28)19-7-4-5-8-19;/h9-12,19-20H,3-8,13-17H2,1-2H3,(H2,24,25,26);1H. The van der Waals surface area contributed by atoms with Gasteiger partial charge in [0.1, 0.15) is 5.75 Å². The minimum atomic E-state index is 0. The molecule has 0 bridgehead atoms. The third kappa shape index (κ3) is 7.63. The Bertz CT molecular complexity index is 674. The van der Waals surface area contributed by atoms with Gasteiger partial charge in [0, 0.05) is 44.6 Å². The molecule has 1 saturated carbocycles. The number of likely N-dealkylation sites (tertiary alicyclic amines) is 1. The molecule has 1 aliphatic carbocycles. The van der Waals surface area contributed by atoms with Crippen molar-refractivity contribution >= 4 is 35.8 Å². The van der Waals surface area contributed by atoms with Gasteiger partial charge in [-0.1, -0.05) is 30.5 Å². The molecule has 1 heterocycles. The Morgan fingerprint density at radius 3 is 2.63 bits per heavy atom. The van der Waals surface area contributed by atoms with E-state index in [0.717, 1.165) is 57.0 Å². The summed E-state index contributed by atoms with van der Waals surface area (Å²) >= 11 is 0. The second-order valence-electron chi connectivity index (χ2n) is 8.17. The highest BCUT2D eigenvalue weighted by Gasteiger charge is 2.32. The van der Waals surface area contributed by atoms with E-state index in [1.54, 1.807) is 0 Å². The number of hydrogen-bond donors (Lipinski definition) is 2. The fourth-order valence-electron chi connectivity index (χ4n) is 4.10. The lowest BCUT2D eigenvalue weighted by molar-refractivity contribution is -0.134. The molecule has 2 aliphatic rings. The zero-order valence-electron chi connectivity index (χ0n) is 18.4. The number of nitrogens with zero attached hydrogens (tertiary/aromatic N) is 2. The summed E-state index contributed by atoms with van der Waals surface area (Å²) in [6.45, 7) is 7.97. The topological polar surface area (TPSA) is 66.0 Å². The molecule has 1 aromatic rings. The molecule has 1 aromatic carbocycles. The van der Waals surface area contributed by atoms with Crippen LogP contribution in [0.3, 0.4) is 0 Å². The predicted molar refractivity (Wildman–Crippen MR) is 133 cm³/mol. The smallest absolute Gasteiger partial charge is 0.225 e. The quantitative estimate of drug-likeness (QED) is 0.234. The molecule has 1 unspecified atom stereocenters. The molecule has 2 N–H and O–H groups in total. The van der Waals surface area contributed by atoms with Gasteiger partial charge in [-0.3, -0.25) is 9.79 Å². The number of aliphatic imine (C=N–C) groups is 1. The van der Waals surface area contributed by atoms with Gasteiger partial charge in [0.2, 0.25) is 5.91 Å². The average molecular weight is 528 g/mol. The number of amides is 1. The van der Waals surface area contributed by atoms with Crippen LogP contribution < -0.4 is 15.4 Å². The number of rotatable bonds is 8. The molecule has 1 aliphatic heterocycles. The number of guanidine groups is 1. The summed E-state index contributed by atoms with van der Waals surface area (Å²) in [6.07, 6.45) is 6.40. The first-order valence-corrected chi connectivity index (χ1v) is 11.2. The van der Waals surface area contributed by atoms with Crippen molar-refractivity contribution in [2.75, 3.05) is 32.8 Å². The normalized spacial score (nSPS) is 19.5. The first-order chi connectivity index (χ1) is 14.2. The van der Waals surface area contributed by atoms with E-state index >= 15 is 0 Å². The summed E-state index contributed by atoms with van der Waals surface area (Å²) < 4.78 is 5.77. The zero-order valence-corrected chi connectivity index (χ0v) is 20.7. The van der Waals surface area contributed by atoms with E-state index in [-0.39, 0.29) is 35.9 Å². The molecule has 0 radical (unpaired) electrons. The minimum Gasteiger partial charge on any atom is -0.494 e. The molecule has 2 fully saturated rings. The van der Waals surface area contributed by atoms with Crippen LogP contribution in [0.5, 0.6) is 5.75 Å². The molecule has 1 saturated heterocycles. The Hall–Kier alpha value is -1.51. The van der Waals surface area contributed by atoms with Gasteiger partial charge >= 0.3 is 0 Å². The van der Waals surface area contributed by atoms with Gasteiger partial charge in [-0.05, 0) is 45.2 Å². The maximum atomic E-state index is 12.6. The van der Waals surface area contributed by atoms with Gasteiger partial charge < -0.3 is 20.3 Å². The summed E-state index contributed by atoms with van der Waals surface area (Å²) in [5.74, 6) is 2.37. The number of aryl methyl sites for hydroxylation is 1. The molecular weight excluding hydrogens is 491 g/mol. The monoisotopic (exact) mass is 528 g/mol. The van der Waals surface area contributed by atoms with Crippen molar-refractivity contribution in [3.63, 3.8) is 0 Å². The number of benzene rings is 1. The second-order valence-corrected chi connectivity index (χ2v) is 8.17. The van der Waals surface area contributed by atoms with Crippen LogP contribution in [-0.4, -0.2) is 55.6 Å². The van der Waals surface area contributed by atoms with Gasteiger partial charge in [-0.2, -0.15) is 0 Å². The van der Waals surface area contributed by atoms with Gasteiger partial charge in [-0.25, -0.2) is 0 Å². The summed E-state index contributed by atoms with van der Waals surface area (Å²) in [5, 5.41) is 6.83. The highest BCUT2D eigenvalue weighted by molar-refractivity contribution is 14.0. The Morgan fingerprint density at radius 2 is 1.93 bits per heavy atom. The van der Waals surface area contributed by atoms with E-state index in [2.05, 4.69) is 41.6 Å². The van der Waals surface area contributed by atoms with E-state index < -0.39 is 0 Å². The first kappa shape index (κ1) is 24.8. The summed E-state index contributed by atoms with van der Waals surface area (Å²) in [6, 6.07) is 8.40. The van der Waals surface area contributed by atoms with Gasteiger partial charge in [0.05, 0.1) is 6.61 Å². The van der Waals surface area contributed by atoms with Gasteiger partial charge in [0.25, 0.3) is 0 Å². The first-order valence-electron chi connectivity index (χ1n) is 11.2. The van der Waals surface area contributed by atoms with Crippen LogP contribution in [0, 0.1) is 12.8 Å². The van der Waals surface area contributed by atoms with Crippen molar-refractivity contribution < 1.29 is 9.53 Å². The third-order valence-electron chi connectivity index (χ3n) is 5.75. The Labute approximate surface area is 198 Å². The van der Waals surface area contributed by atoms with E-state index in [1.165, 1.54) is 18.4 Å². The molecule has 0 spiro atoms. The van der Waals surface area contributed by atoms with Crippen molar-refractivity contribution in [2.24, 2.45) is 10.9 Å². The summed E-state index contributed by atoms with van der Waals surface area (Å²) in [7, 11) is 0. The maximum absolute atomic E-state index is 12.6. The van der Waals surface area contributed by atoms with E-state index in [9.17, 15) is 4.79 Å². The predicted octanol–water partition coefficient (Wildman–Crippen LogP) is 3.73. The van der Waals surface area contributed by atoms with Crippen LogP contribution in [0.15, 0.2) is 29.3 Å². The molecular formula is C23H37IN4O2. The molecule has 6 nitrogen and oxygen atoms in total. The summed E-state index contributed by atoms with van der Waals surface area (Å²) in [5.41, 5.74) is 1.23. The van der Waals surface area contributed by atoms with E-state index in [0.29, 0.717) is 19.1 Å². The summed E-state index contributed by atoms with van der Waals surface area (Å²) in [4.78, 5) is 19.4. The van der Waals surface area contributed by atoms with Crippen molar-refractivity contribution in [2.45, 2.75) is 58.4 Å². The highest BCUT2D eigenvalue weighted by Crippen LogP contribution is 2.27. The fourth-order valence-corrected chi connectivity index (χ4v) is 4.10. The number of nitrogens with one attached hydrogen (secondary N) is 2. The van der Waals surface area contributed by atoms with Crippen molar-refractivity contribution in [1.82, 2.24) is 15.5 Å². The highest BCUT2D eigenvalue weighted by atomic mass is 127. The Kier molecular flexibility index (Phi) is 10.7. The Balaban J connectivity index is 0.00000320. The van der Waals surface area contributed by atoms with Crippen LogP contribution in [0.4, 0.5) is 0 Å². The number of carbonyl (C=O) groups excluding carboxylic acids is 1. The molecule has 1 atom stereocenters. The number of halogens is 1. The van der Waals surface area contributed by atoms with E-state index in [1.807, 2.05) is 17.0 Å². The van der Waals surface area contributed by atoms with Gasteiger partial charge in [-0.15, -0.1) is 24.0 Å². The van der Waals surface area contributed by atoms with Crippen LogP contribution in [0.2, 0.25) is 0 Å². The Morgan fingerprint density at radius 1 is 1.20 bits per heavy atom. The average Bonchev–Trinajstić information content (AvgIpc) is 3.41. The maximum Gasteiger partial charge on any atom is 0.225 e. The molecule has 1 amide bonds. The van der Waals surface area contributed by atoms with E-state index in [4.69, 9.17) is 4.74 Å². The molecule has 7 heteroatoms. The van der Waals surface area contributed by atoms with Crippen LogP contribution in [0.1, 0.15) is 51.0 Å². The number of hydrogen-bond acceptors (Lipinski definition) is 3. The lowest BCUT2D eigenvalue weighted by Crippen LogP contribution is -2.45. The zero-order chi connectivity index (χ0) is 20.5. The molecule has 3 rings (SSSR count). The van der Waals surface area contributed by atoms with Crippen molar-refractivity contribution in [1.29, 1.82) is 0 Å². The minimum absolute atomic E-state index is 0. The lowest BCUT2D eigenvalue weighted by Gasteiger charge is -2.21. The van der Waals surface area contributed by atoms with Crippen molar-refractivity contribution in [3.05, 3.63) is 29.8 Å². The SMILES string of the molecule is CCNC(=NCCCOc1ccc(C)cc1)NC1CCN(C(=O)C2CCCC2)C1.I. The molecule has 30 heavy (non-hydrogen) atoms. The van der Waals surface area contributed by atoms with Crippen LogP contribution in [0.25, 0.3) is 0 Å². The van der Waals surface area contributed by atoms with Crippen molar-refractivity contribution in [3.8, 4) is 5.75 Å². The largest absolute Gasteiger partial charge is 0.494 e.